The molecule has 98 valence electrons. The average molecular weight is 245 g/mol. The van der Waals surface area contributed by atoms with Gasteiger partial charge < -0.3 is 10.1 Å². The van der Waals surface area contributed by atoms with Gasteiger partial charge in [0.2, 0.25) is 0 Å². The Morgan fingerprint density at radius 2 is 1.94 bits per heavy atom. The van der Waals surface area contributed by atoms with Gasteiger partial charge in [-0.1, -0.05) is 18.6 Å². The standard InChI is InChI=1S/C16H23NO/c1-17-15-11-10-14-13(15)8-5-9-16(14)18-12-6-3-2-4-7-12/h5,8-9,12,15,17H,2-4,6-7,10-11H2,1H3. The molecule has 2 aliphatic rings. The van der Waals surface area contributed by atoms with E-state index in [9.17, 15) is 0 Å². The predicted molar refractivity (Wildman–Crippen MR) is 74.1 cm³/mol. The minimum atomic E-state index is 0.457. The maximum absolute atomic E-state index is 6.26. The largest absolute Gasteiger partial charge is 0.490 e. The van der Waals surface area contributed by atoms with E-state index < -0.39 is 0 Å². The van der Waals surface area contributed by atoms with Crippen LogP contribution >= 0.6 is 0 Å². The summed E-state index contributed by atoms with van der Waals surface area (Å²) in [7, 11) is 2.05. The topological polar surface area (TPSA) is 21.3 Å². The molecule has 0 saturated heterocycles. The maximum Gasteiger partial charge on any atom is 0.123 e. The maximum atomic E-state index is 6.26. The van der Waals surface area contributed by atoms with Crippen molar-refractivity contribution in [1.82, 2.24) is 5.32 Å². The van der Waals surface area contributed by atoms with Crippen molar-refractivity contribution in [1.29, 1.82) is 0 Å². The summed E-state index contributed by atoms with van der Waals surface area (Å²) in [5.41, 5.74) is 2.90. The van der Waals surface area contributed by atoms with Crippen molar-refractivity contribution in [3.8, 4) is 5.75 Å². The molecule has 1 fully saturated rings. The summed E-state index contributed by atoms with van der Waals surface area (Å²) in [6.07, 6.45) is 9.34. The molecular weight excluding hydrogens is 222 g/mol. The van der Waals surface area contributed by atoms with Gasteiger partial charge in [0.25, 0.3) is 0 Å². The Hall–Kier alpha value is -1.02. The Morgan fingerprint density at radius 3 is 2.72 bits per heavy atom. The highest BCUT2D eigenvalue weighted by Crippen LogP contribution is 2.37. The molecule has 1 aromatic carbocycles. The number of ether oxygens (including phenoxy) is 1. The number of benzene rings is 1. The van der Waals surface area contributed by atoms with E-state index in [1.165, 1.54) is 49.7 Å². The summed E-state index contributed by atoms with van der Waals surface area (Å²) in [5, 5.41) is 3.40. The molecule has 2 aliphatic carbocycles. The average Bonchev–Trinajstić information content (AvgIpc) is 2.84. The second-order valence-electron chi connectivity index (χ2n) is 5.58. The lowest BCUT2D eigenvalue weighted by molar-refractivity contribution is 0.153. The lowest BCUT2D eigenvalue weighted by atomic mass is 9.97. The SMILES string of the molecule is CNC1CCc2c(OC3CCCCC3)cccc21. The Bertz CT molecular complexity index is 410. The molecule has 0 aromatic heterocycles. The van der Waals surface area contributed by atoms with Crippen LogP contribution in [0.3, 0.4) is 0 Å². The summed E-state index contributed by atoms with van der Waals surface area (Å²) in [6, 6.07) is 7.07. The van der Waals surface area contributed by atoms with Crippen LogP contribution in [0.25, 0.3) is 0 Å². The Labute approximate surface area is 110 Å². The smallest absolute Gasteiger partial charge is 0.123 e. The van der Waals surface area contributed by atoms with Crippen LogP contribution in [-0.4, -0.2) is 13.2 Å². The molecule has 3 rings (SSSR count). The van der Waals surface area contributed by atoms with E-state index in [2.05, 4.69) is 30.6 Å². The van der Waals surface area contributed by atoms with Crippen LogP contribution in [0.1, 0.15) is 55.7 Å². The van der Waals surface area contributed by atoms with Crippen molar-refractivity contribution in [2.45, 2.75) is 57.1 Å². The summed E-state index contributed by atoms with van der Waals surface area (Å²) in [5.74, 6) is 1.15. The van der Waals surface area contributed by atoms with Crippen molar-refractivity contribution in [2.75, 3.05) is 7.05 Å². The number of hydrogen-bond donors (Lipinski definition) is 1. The van der Waals surface area contributed by atoms with Crippen LogP contribution in [0, 0.1) is 0 Å². The van der Waals surface area contributed by atoms with Crippen LogP contribution in [0.15, 0.2) is 18.2 Å². The van der Waals surface area contributed by atoms with E-state index in [1.54, 1.807) is 0 Å². The van der Waals surface area contributed by atoms with Gasteiger partial charge in [-0.05, 0) is 62.8 Å². The molecule has 0 bridgehead atoms. The highest BCUT2D eigenvalue weighted by molar-refractivity contribution is 5.45. The molecule has 2 nitrogen and oxygen atoms in total. The lowest BCUT2D eigenvalue weighted by Crippen LogP contribution is -2.20. The minimum Gasteiger partial charge on any atom is -0.490 e. The Kier molecular flexibility index (Phi) is 3.55. The number of fused-ring (bicyclic) bond motifs is 1. The zero-order chi connectivity index (χ0) is 12.4. The monoisotopic (exact) mass is 245 g/mol. The molecule has 1 atom stereocenters. The fourth-order valence-electron chi connectivity index (χ4n) is 3.39. The second-order valence-corrected chi connectivity index (χ2v) is 5.58. The molecule has 1 N–H and O–H groups in total. The summed E-state index contributed by atoms with van der Waals surface area (Å²) >= 11 is 0. The van der Waals surface area contributed by atoms with Gasteiger partial charge in [0.15, 0.2) is 0 Å². The van der Waals surface area contributed by atoms with Gasteiger partial charge in [0, 0.05) is 6.04 Å². The third-order valence-electron chi connectivity index (χ3n) is 4.42. The normalized spacial score (nSPS) is 23.9. The Balaban J connectivity index is 1.78. The Morgan fingerprint density at radius 1 is 1.11 bits per heavy atom. The molecule has 0 heterocycles. The predicted octanol–water partition coefficient (Wildman–Crippen LogP) is 3.60. The van der Waals surface area contributed by atoms with Crippen LogP contribution < -0.4 is 10.1 Å². The van der Waals surface area contributed by atoms with Gasteiger partial charge in [0.05, 0.1) is 6.10 Å². The first-order valence-corrected chi connectivity index (χ1v) is 7.34. The molecule has 2 heteroatoms. The van der Waals surface area contributed by atoms with E-state index in [4.69, 9.17) is 4.74 Å². The van der Waals surface area contributed by atoms with Crippen LogP contribution in [-0.2, 0) is 6.42 Å². The molecule has 18 heavy (non-hydrogen) atoms. The van der Waals surface area contributed by atoms with Crippen molar-refractivity contribution >= 4 is 0 Å². The minimum absolute atomic E-state index is 0.457. The summed E-state index contributed by atoms with van der Waals surface area (Å²) < 4.78 is 6.26. The first kappa shape index (κ1) is 12.0. The first-order valence-electron chi connectivity index (χ1n) is 7.34. The molecule has 1 unspecified atom stereocenters. The van der Waals surface area contributed by atoms with Gasteiger partial charge in [-0.15, -0.1) is 0 Å². The summed E-state index contributed by atoms with van der Waals surface area (Å²) in [4.78, 5) is 0. The highest BCUT2D eigenvalue weighted by atomic mass is 16.5. The quantitative estimate of drug-likeness (QED) is 0.878. The first-order chi connectivity index (χ1) is 8.88. The van der Waals surface area contributed by atoms with E-state index >= 15 is 0 Å². The zero-order valence-electron chi connectivity index (χ0n) is 11.2. The van der Waals surface area contributed by atoms with E-state index in [0.29, 0.717) is 12.1 Å². The molecule has 0 amide bonds. The number of hydrogen-bond acceptors (Lipinski definition) is 2. The van der Waals surface area contributed by atoms with Gasteiger partial charge >= 0.3 is 0 Å². The lowest BCUT2D eigenvalue weighted by Gasteiger charge is -2.24. The van der Waals surface area contributed by atoms with Crippen LogP contribution in [0.5, 0.6) is 5.75 Å². The van der Waals surface area contributed by atoms with Gasteiger partial charge in [0.1, 0.15) is 5.75 Å². The number of rotatable bonds is 3. The van der Waals surface area contributed by atoms with E-state index in [0.717, 1.165) is 12.2 Å². The van der Waals surface area contributed by atoms with Gasteiger partial charge in [-0.2, -0.15) is 0 Å². The van der Waals surface area contributed by atoms with Crippen LogP contribution in [0.2, 0.25) is 0 Å². The van der Waals surface area contributed by atoms with E-state index in [-0.39, 0.29) is 0 Å². The molecule has 0 radical (unpaired) electrons. The fourth-order valence-corrected chi connectivity index (χ4v) is 3.39. The van der Waals surface area contributed by atoms with Gasteiger partial charge in [-0.3, -0.25) is 0 Å². The van der Waals surface area contributed by atoms with Crippen molar-refractivity contribution in [2.24, 2.45) is 0 Å². The summed E-state index contributed by atoms with van der Waals surface area (Å²) in [6.45, 7) is 0. The fraction of sp³-hybridized carbons (Fsp3) is 0.625. The third kappa shape index (κ3) is 2.26. The van der Waals surface area contributed by atoms with Crippen molar-refractivity contribution in [3.63, 3.8) is 0 Å². The van der Waals surface area contributed by atoms with Crippen molar-refractivity contribution < 1.29 is 4.74 Å². The second kappa shape index (κ2) is 5.31. The number of nitrogens with one attached hydrogen (secondary N) is 1. The van der Waals surface area contributed by atoms with Crippen LogP contribution in [0.4, 0.5) is 0 Å². The molecule has 0 spiro atoms. The molecule has 1 aromatic rings. The highest BCUT2D eigenvalue weighted by Gasteiger charge is 2.25. The van der Waals surface area contributed by atoms with E-state index in [1.807, 2.05) is 0 Å². The third-order valence-corrected chi connectivity index (χ3v) is 4.42. The molecular formula is C16H23NO. The molecule has 1 saturated carbocycles. The molecule has 0 aliphatic heterocycles. The van der Waals surface area contributed by atoms with Crippen molar-refractivity contribution in [3.05, 3.63) is 29.3 Å². The van der Waals surface area contributed by atoms with Gasteiger partial charge in [-0.25, -0.2) is 0 Å². The zero-order valence-corrected chi connectivity index (χ0v) is 11.2.